The van der Waals surface area contributed by atoms with Gasteiger partial charge in [0, 0.05) is 6.54 Å². The summed E-state index contributed by atoms with van der Waals surface area (Å²) in [6, 6.07) is 12.4. The molecule has 0 atom stereocenters. The second-order valence-corrected chi connectivity index (χ2v) is 7.26. The van der Waals surface area contributed by atoms with E-state index in [9.17, 15) is 8.42 Å². The molecule has 2 N–H and O–H groups in total. The van der Waals surface area contributed by atoms with E-state index in [-0.39, 0.29) is 4.90 Å². The lowest BCUT2D eigenvalue weighted by molar-refractivity contribution is 0.414. The van der Waals surface area contributed by atoms with E-state index in [0.29, 0.717) is 18.5 Å². The summed E-state index contributed by atoms with van der Waals surface area (Å²) >= 11 is 0. The normalized spacial score (nSPS) is 11.8. The van der Waals surface area contributed by atoms with Gasteiger partial charge in [-0.05, 0) is 49.2 Å². The number of benzene rings is 2. The third-order valence-electron chi connectivity index (χ3n) is 3.75. The molecular weight excluding hydrogens is 326 g/mol. The van der Waals surface area contributed by atoms with Crippen molar-refractivity contribution in [2.75, 3.05) is 13.7 Å². The summed E-state index contributed by atoms with van der Waals surface area (Å²) in [4.78, 5) is 7.55. The second kappa shape index (κ2) is 6.62. The van der Waals surface area contributed by atoms with Crippen LogP contribution < -0.4 is 9.46 Å². The number of imidazole rings is 1. The highest BCUT2D eigenvalue weighted by molar-refractivity contribution is 7.89. The van der Waals surface area contributed by atoms with Gasteiger partial charge in [-0.2, -0.15) is 0 Å². The molecule has 0 aliphatic carbocycles. The topological polar surface area (TPSA) is 84.1 Å². The quantitative estimate of drug-likeness (QED) is 0.718. The number of rotatable bonds is 6. The fourth-order valence-electron chi connectivity index (χ4n) is 2.49. The molecule has 0 spiro atoms. The van der Waals surface area contributed by atoms with Gasteiger partial charge in [0.05, 0.1) is 23.0 Å². The van der Waals surface area contributed by atoms with Gasteiger partial charge in [-0.1, -0.05) is 12.1 Å². The van der Waals surface area contributed by atoms with Crippen LogP contribution in [0.3, 0.4) is 0 Å². The summed E-state index contributed by atoms with van der Waals surface area (Å²) in [5.74, 6) is 1.54. The number of hydrogen-bond acceptors (Lipinski definition) is 4. The molecule has 0 amide bonds. The average Bonchev–Trinajstić information content (AvgIpc) is 2.94. The number of nitrogens with zero attached hydrogens (tertiary/aromatic N) is 1. The molecule has 0 fully saturated rings. The predicted molar refractivity (Wildman–Crippen MR) is 92.7 cm³/mol. The van der Waals surface area contributed by atoms with Crippen LogP contribution in [-0.4, -0.2) is 32.0 Å². The SMILES string of the molecule is COc1ccc(CCNS(=O)(=O)c2ccc3nc(C)[nH]c3c2)cc1. The van der Waals surface area contributed by atoms with E-state index in [4.69, 9.17) is 4.74 Å². The highest BCUT2D eigenvalue weighted by atomic mass is 32.2. The van der Waals surface area contributed by atoms with Crippen LogP contribution >= 0.6 is 0 Å². The smallest absolute Gasteiger partial charge is 0.240 e. The van der Waals surface area contributed by atoms with Crippen LogP contribution in [0.2, 0.25) is 0 Å². The molecule has 0 saturated heterocycles. The zero-order valence-electron chi connectivity index (χ0n) is 13.5. The van der Waals surface area contributed by atoms with E-state index < -0.39 is 10.0 Å². The van der Waals surface area contributed by atoms with Crippen molar-refractivity contribution in [3.8, 4) is 5.75 Å². The molecule has 7 heteroatoms. The Kier molecular flexibility index (Phi) is 4.55. The Hall–Kier alpha value is -2.38. The molecule has 0 aliphatic rings. The van der Waals surface area contributed by atoms with E-state index in [1.165, 1.54) is 0 Å². The second-order valence-electron chi connectivity index (χ2n) is 5.50. The summed E-state index contributed by atoms with van der Waals surface area (Å²) in [5.41, 5.74) is 2.51. The minimum Gasteiger partial charge on any atom is -0.497 e. The van der Waals surface area contributed by atoms with Gasteiger partial charge in [0.25, 0.3) is 0 Å². The van der Waals surface area contributed by atoms with E-state index in [1.807, 2.05) is 31.2 Å². The lowest BCUT2D eigenvalue weighted by Crippen LogP contribution is -2.26. The number of hydrogen-bond donors (Lipinski definition) is 2. The number of nitrogens with one attached hydrogen (secondary N) is 2. The first-order valence-corrected chi connectivity index (χ1v) is 9.05. The molecule has 2 aromatic carbocycles. The summed E-state index contributed by atoms with van der Waals surface area (Å²) in [6.45, 7) is 2.16. The monoisotopic (exact) mass is 345 g/mol. The Balaban J connectivity index is 1.67. The van der Waals surface area contributed by atoms with Gasteiger partial charge in [-0.3, -0.25) is 0 Å². The zero-order chi connectivity index (χ0) is 17.2. The Morgan fingerprint density at radius 1 is 1.17 bits per heavy atom. The first-order valence-electron chi connectivity index (χ1n) is 7.57. The van der Waals surface area contributed by atoms with Gasteiger partial charge in [0.1, 0.15) is 11.6 Å². The number of ether oxygens (including phenoxy) is 1. The molecule has 126 valence electrons. The molecule has 0 bridgehead atoms. The summed E-state index contributed by atoms with van der Waals surface area (Å²) < 4.78 is 32.5. The molecule has 0 saturated carbocycles. The third kappa shape index (κ3) is 3.58. The van der Waals surface area contributed by atoms with E-state index in [1.54, 1.807) is 25.3 Å². The number of aryl methyl sites for hydroxylation is 1. The van der Waals surface area contributed by atoms with Crippen molar-refractivity contribution >= 4 is 21.1 Å². The molecule has 3 aromatic rings. The number of methoxy groups -OCH3 is 1. The molecule has 0 aliphatic heterocycles. The van der Waals surface area contributed by atoms with Crippen molar-refractivity contribution < 1.29 is 13.2 Å². The van der Waals surface area contributed by atoms with Gasteiger partial charge >= 0.3 is 0 Å². The van der Waals surface area contributed by atoms with E-state index in [0.717, 1.165) is 22.7 Å². The van der Waals surface area contributed by atoms with Crippen LogP contribution in [-0.2, 0) is 16.4 Å². The fraction of sp³-hybridized carbons (Fsp3) is 0.235. The first kappa shape index (κ1) is 16.5. The maximum absolute atomic E-state index is 12.4. The van der Waals surface area contributed by atoms with Crippen molar-refractivity contribution in [3.05, 3.63) is 53.9 Å². The minimum atomic E-state index is -3.55. The summed E-state index contributed by atoms with van der Waals surface area (Å²) in [5, 5.41) is 0. The Morgan fingerprint density at radius 2 is 1.92 bits per heavy atom. The van der Waals surface area contributed by atoms with E-state index in [2.05, 4.69) is 14.7 Å². The number of aromatic nitrogens is 2. The largest absolute Gasteiger partial charge is 0.497 e. The maximum Gasteiger partial charge on any atom is 0.240 e. The summed E-state index contributed by atoms with van der Waals surface area (Å²) in [7, 11) is -1.94. The van der Waals surface area contributed by atoms with Crippen LogP contribution in [0, 0.1) is 6.92 Å². The van der Waals surface area contributed by atoms with Crippen LogP contribution in [0.4, 0.5) is 0 Å². The zero-order valence-corrected chi connectivity index (χ0v) is 14.4. The molecule has 6 nitrogen and oxygen atoms in total. The molecule has 3 rings (SSSR count). The van der Waals surface area contributed by atoms with Crippen molar-refractivity contribution in [1.82, 2.24) is 14.7 Å². The number of H-pyrrole nitrogens is 1. The molecule has 0 unspecified atom stereocenters. The minimum absolute atomic E-state index is 0.230. The molecule has 0 radical (unpaired) electrons. The van der Waals surface area contributed by atoms with Gasteiger partial charge in [0.2, 0.25) is 10.0 Å². The Bertz CT molecular complexity index is 947. The van der Waals surface area contributed by atoms with Crippen molar-refractivity contribution in [2.45, 2.75) is 18.2 Å². The third-order valence-corrected chi connectivity index (χ3v) is 5.21. The van der Waals surface area contributed by atoms with Crippen LogP contribution in [0.15, 0.2) is 47.4 Å². The number of fused-ring (bicyclic) bond motifs is 1. The van der Waals surface area contributed by atoms with Gasteiger partial charge in [0.15, 0.2) is 0 Å². The highest BCUT2D eigenvalue weighted by Crippen LogP contribution is 2.17. The van der Waals surface area contributed by atoms with Gasteiger partial charge in [-0.25, -0.2) is 18.1 Å². The van der Waals surface area contributed by atoms with Crippen molar-refractivity contribution in [2.24, 2.45) is 0 Å². The van der Waals surface area contributed by atoms with Gasteiger partial charge in [-0.15, -0.1) is 0 Å². The fourth-order valence-corrected chi connectivity index (χ4v) is 3.55. The standard InChI is InChI=1S/C17H19N3O3S/c1-12-19-16-8-7-15(11-17(16)20-12)24(21,22)18-10-9-13-3-5-14(23-2)6-4-13/h3-8,11,18H,9-10H2,1-2H3,(H,19,20). The van der Waals surface area contributed by atoms with Gasteiger partial charge < -0.3 is 9.72 Å². The molecule has 1 aromatic heterocycles. The van der Waals surface area contributed by atoms with Crippen LogP contribution in [0.25, 0.3) is 11.0 Å². The number of aromatic amines is 1. The maximum atomic E-state index is 12.4. The first-order chi connectivity index (χ1) is 11.5. The molecular formula is C17H19N3O3S. The van der Waals surface area contributed by atoms with Crippen molar-refractivity contribution in [1.29, 1.82) is 0 Å². The Labute approximate surface area is 140 Å². The predicted octanol–water partition coefficient (Wildman–Crippen LogP) is 2.40. The summed E-state index contributed by atoms with van der Waals surface area (Å²) in [6.07, 6.45) is 0.606. The molecule has 24 heavy (non-hydrogen) atoms. The van der Waals surface area contributed by atoms with E-state index >= 15 is 0 Å². The molecule has 1 heterocycles. The number of sulfonamides is 1. The van der Waals surface area contributed by atoms with Crippen LogP contribution in [0.1, 0.15) is 11.4 Å². The average molecular weight is 345 g/mol. The van der Waals surface area contributed by atoms with Crippen LogP contribution in [0.5, 0.6) is 5.75 Å². The lowest BCUT2D eigenvalue weighted by Gasteiger charge is -2.07. The lowest BCUT2D eigenvalue weighted by atomic mass is 10.1. The Morgan fingerprint density at radius 3 is 2.62 bits per heavy atom. The van der Waals surface area contributed by atoms with Crippen molar-refractivity contribution in [3.63, 3.8) is 0 Å². The highest BCUT2D eigenvalue weighted by Gasteiger charge is 2.14.